The van der Waals surface area contributed by atoms with Crippen LogP contribution in [0.4, 0.5) is 0 Å². The smallest absolute Gasteiger partial charge is 0.240 e. The number of hydrogen-bond donors (Lipinski definition) is 1. The van der Waals surface area contributed by atoms with Gasteiger partial charge in [-0.15, -0.1) is 0 Å². The molecule has 1 fully saturated rings. The third-order valence-electron chi connectivity index (χ3n) is 4.37. The van der Waals surface area contributed by atoms with E-state index in [0.717, 1.165) is 25.2 Å². The molecule has 0 unspecified atom stereocenters. The third kappa shape index (κ3) is 4.16. The predicted octanol–water partition coefficient (Wildman–Crippen LogP) is 1.62. The summed E-state index contributed by atoms with van der Waals surface area (Å²) < 4.78 is 5.20. The highest BCUT2D eigenvalue weighted by atomic mass is 16.5. The second kappa shape index (κ2) is 7.21. The summed E-state index contributed by atoms with van der Waals surface area (Å²) in [5, 5.41) is 14.2. The summed E-state index contributed by atoms with van der Waals surface area (Å²) >= 11 is 0. The molecule has 1 aromatic heterocycles. The number of piperazine rings is 1. The topological polar surface area (TPSA) is 65.6 Å². The highest BCUT2D eigenvalue weighted by Crippen LogP contribution is 2.18. The van der Waals surface area contributed by atoms with E-state index < -0.39 is 6.10 Å². The summed E-state index contributed by atoms with van der Waals surface area (Å²) in [5.41, 5.74) is 0.975. The fraction of sp³-hybridized carbons (Fsp3) is 0.529. The molecule has 1 aliphatic heterocycles. The van der Waals surface area contributed by atoms with E-state index in [-0.39, 0.29) is 0 Å². The van der Waals surface area contributed by atoms with Crippen LogP contribution in [0.5, 0.6) is 0 Å². The molecule has 1 aromatic carbocycles. The number of rotatable bonds is 5. The maximum Gasteiger partial charge on any atom is 0.240 e. The zero-order chi connectivity index (χ0) is 16.2. The van der Waals surface area contributed by atoms with E-state index in [1.807, 2.05) is 37.3 Å². The van der Waals surface area contributed by atoms with Gasteiger partial charge in [-0.25, -0.2) is 0 Å². The van der Waals surface area contributed by atoms with Gasteiger partial charge >= 0.3 is 0 Å². The fourth-order valence-electron chi connectivity index (χ4n) is 3.08. The van der Waals surface area contributed by atoms with E-state index in [1.165, 1.54) is 0 Å². The average Bonchev–Trinajstić information content (AvgIpc) is 2.96. The summed E-state index contributed by atoms with van der Waals surface area (Å²) in [6, 6.07) is 10.2. The summed E-state index contributed by atoms with van der Waals surface area (Å²) in [5.74, 6) is 1.35. The van der Waals surface area contributed by atoms with Crippen molar-refractivity contribution in [3.05, 3.63) is 47.6 Å². The van der Waals surface area contributed by atoms with E-state index in [1.54, 1.807) is 0 Å². The van der Waals surface area contributed by atoms with Gasteiger partial charge in [0, 0.05) is 32.2 Å². The molecule has 0 aliphatic carbocycles. The molecule has 0 spiro atoms. The average molecular weight is 316 g/mol. The van der Waals surface area contributed by atoms with Crippen LogP contribution in [-0.4, -0.2) is 57.3 Å². The Hall–Kier alpha value is -1.76. The first-order chi connectivity index (χ1) is 11.1. The summed E-state index contributed by atoms with van der Waals surface area (Å²) in [7, 11) is 0. The maximum atomic E-state index is 10.4. The Labute approximate surface area is 136 Å². The van der Waals surface area contributed by atoms with Crippen LogP contribution in [0.2, 0.25) is 0 Å². The Morgan fingerprint density at radius 2 is 2.09 bits per heavy atom. The molecule has 0 bridgehead atoms. The van der Waals surface area contributed by atoms with Gasteiger partial charge in [-0.2, -0.15) is 4.98 Å². The fourth-order valence-corrected chi connectivity index (χ4v) is 3.08. The van der Waals surface area contributed by atoms with Crippen LogP contribution in [0, 0.1) is 6.92 Å². The largest absolute Gasteiger partial charge is 0.387 e. The van der Waals surface area contributed by atoms with Crippen molar-refractivity contribution in [1.29, 1.82) is 0 Å². The molecule has 0 amide bonds. The number of benzene rings is 1. The van der Waals surface area contributed by atoms with Crippen molar-refractivity contribution >= 4 is 0 Å². The standard InChI is InChI=1S/C17H24N4O2/c1-13-10-20(12-17-18-14(2)19-23-17)8-9-21(13)11-16(22)15-6-4-3-5-7-15/h3-7,13,16,22H,8-12H2,1-2H3/t13-,16-/m0/s1. The number of hydrogen-bond acceptors (Lipinski definition) is 6. The van der Waals surface area contributed by atoms with E-state index in [9.17, 15) is 5.11 Å². The van der Waals surface area contributed by atoms with Gasteiger partial charge < -0.3 is 9.63 Å². The lowest BCUT2D eigenvalue weighted by Crippen LogP contribution is -2.52. The van der Waals surface area contributed by atoms with Crippen molar-refractivity contribution in [2.24, 2.45) is 0 Å². The van der Waals surface area contributed by atoms with E-state index >= 15 is 0 Å². The number of aliphatic hydroxyl groups excluding tert-OH is 1. The molecule has 1 saturated heterocycles. The normalized spacial score (nSPS) is 21.4. The zero-order valence-corrected chi connectivity index (χ0v) is 13.7. The quantitative estimate of drug-likeness (QED) is 0.904. The van der Waals surface area contributed by atoms with Crippen molar-refractivity contribution in [3.8, 4) is 0 Å². The van der Waals surface area contributed by atoms with E-state index in [2.05, 4.69) is 26.9 Å². The molecule has 6 nitrogen and oxygen atoms in total. The van der Waals surface area contributed by atoms with Gasteiger partial charge in [0.05, 0.1) is 12.6 Å². The van der Waals surface area contributed by atoms with E-state index in [4.69, 9.17) is 4.52 Å². The summed E-state index contributed by atoms with van der Waals surface area (Å²) in [4.78, 5) is 8.93. The van der Waals surface area contributed by atoms with Crippen molar-refractivity contribution in [2.75, 3.05) is 26.2 Å². The Kier molecular flexibility index (Phi) is 5.05. The Balaban J connectivity index is 1.52. The molecule has 124 valence electrons. The number of β-amino-alcohol motifs (C(OH)–C–C–N with tert-alkyl or cyclic N) is 1. The highest BCUT2D eigenvalue weighted by molar-refractivity contribution is 5.17. The third-order valence-corrected chi connectivity index (χ3v) is 4.37. The van der Waals surface area contributed by atoms with E-state index in [0.29, 0.717) is 30.8 Å². The molecular formula is C17H24N4O2. The molecule has 2 atom stereocenters. The Bertz CT molecular complexity index is 616. The lowest BCUT2D eigenvalue weighted by atomic mass is 10.1. The minimum absolute atomic E-state index is 0.381. The minimum Gasteiger partial charge on any atom is -0.387 e. The predicted molar refractivity (Wildman–Crippen MR) is 86.7 cm³/mol. The molecule has 3 rings (SSSR count). The first-order valence-corrected chi connectivity index (χ1v) is 8.10. The first kappa shape index (κ1) is 16.1. The van der Waals surface area contributed by atoms with Crippen LogP contribution in [0.3, 0.4) is 0 Å². The molecule has 6 heteroatoms. The second-order valence-corrected chi connectivity index (χ2v) is 6.24. The van der Waals surface area contributed by atoms with Crippen molar-refractivity contribution in [1.82, 2.24) is 19.9 Å². The maximum absolute atomic E-state index is 10.4. The van der Waals surface area contributed by atoms with Crippen LogP contribution in [0.15, 0.2) is 34.9 Å². The molecule has 1 N–H and O–H groups in total. The van der Waals surface area contributed by atoms with Crippen LogP contribution in [-0.2, 0) is 6.54 Å². The van der Waals surface area contributed by atoms with Gasteiger partial charge in [0.25, 0.3) is 0 Å². The molecule has 0 radical (unpaired) electrons. The SMILES string of the molecule is Cc1noc(CN2CCN(C[C@H](O)c3ccccc3)[C@@H](C)C2)n1. The molecule has 2 aromatic rings. The molecule has 0 saturated carbocycles. The minimum atomic E-state index is -0.441. The van der Waals surface area contributed by atoms with Crippen molar-refractivity contribution < 1.29 is 9.63 Å². The number of nitrogens with zero attached hydrogens (tertiary/aromatic N) is 4. The molecule has 23 heavy (non-hydrogen) atoms. The van der Waals surface area contributed by atoms with Crippen LogP contribution in [0.1, 0.15) is 30.3 Å². The van der Waals surface area contributed by atoms with Crippen LogP contribution >= 0.6 is 0 Å². The van der Waals surface area contributed by atoms with Crippen LogP contribution < -0.4 is 0 Å². The first-order valence-electron chi connectivity index (χ1n) is 8.10. The number of aliphatic hydroxyl groups is 1. The van der Waals surface area contributed by atoms with Gasteiger partial charge in [0.1, 0.15) is 0 Å². The Morgan fingerprint density at radius 1 is 1.30 bits per heavy atom. The van der Waals surface area contributed by atoms with Crippen molar-refractivity contribution in [3.63, 3.8) is 0 Å². The lowest BCUT2D eigenvalue weighted by Gasteiger charge is -2.40. The van der Waals surface area contributed by atoms with Crippen molar-refractivity contribution in [2.45, 2.75) is 32.5 Å². The molecular weight excluding hydrogens is 292 g/mol. The van der Waals surface area contributed by atoms with Gasteiger partial charge in [-0.3, -0.25) is 9.80 Å². The summed E-state index contributed by atoms with van der Waals surface area (Å²) in [6.07, 6.45) is -0.441. The number of aryl methyl sites for hydroxylation is 1. The zero-order valence-electron chi connectivity index (χ0n) is 13.7. The number of aromatic nitrogens is 2. The molecule has 1 aliphatic rings. The highest BCUT2D eigenvalue weighted by Gasteiger charge is 2.26. The monoisotopic (exact) mass is 316 g/mol. The van der Waals surface area contributed by atoms with Gasteiger partial charge in [0.15, 0.2) is 5.82 Å². The van der Waals surface area contributed by atoms with Gasteiger partial charge in [-0.1, -0.05) is 35.5 Å². The lowest BCUT2D eigenvalue weighted by molar-refractivity contribution is 0.0328. The molecule has 2 heterocycles. The van der Waals surface area contributed by atoms with Gasteiger partial charge in [0.2, 0.25) is 5.89 Å². The Morgan fingerprint density at radius 3 is 2.74 bits per heavy atom. The van der Waals surface area contributed by atoms with Crippen LogP contribution in [0.25, 0.3) is 0 Å². The van der Waals surface area contributed by atoms with Gasteiger partial charge in [-0.05, 0) is 19.4 Å². The second-order valence-electron chi connectivity index (χ2n) is 6.24. The summed E-state index contributed by atoms with van der Waals surface area (Å²) in [6.45, 7) is 8.19.